The van der Waals surface area contributed by atoms with Gasteiger partial charge in [-0.2, -0.15) is 0 Å². The zero-order valence-electron chi connectivity index (χ0n) is 14.2. The topological polar surface area (TPSA) is 72.6 Å². The van der Waals surface area contributed by atoms with Crippen molar-refractivity contribution >= 4 is 11.9 Å². The first kappa shape index (κ1) is 18.0. The molecule has 0 saturated carbocycles. The molecule has 0 atom stereocenters. The van der Waals surface area contributed by atoms with Gasteiger partial charge in [-0.25, -0.2) is 8.78 Å². The monoisotopic (exact) mass is 364 g/mol. The quantitative estimate of drug-likeness (QED) is 0.780. The van der Waals surface area contributed by atoms with Crippen molar-refractivity contribution < 1.29 is 27.6 Å². The molecule has 0 spiro atoms. The summed E-state index contributed by atoms with van der Waals surface area (Å²) in [5.74, 6) is -2.18. The SMILES string of the molecule is Cc1cc(COC(=O)C2CCN(C(=O)c3ccc(F)cc3F)CC2)no1. The third-order valence-electron chi connectivity index (χ3n) is 4.32. The molecule has 1 aromatic carbocycles. The van der Waals surface area contributed by atoms with Crippen molar-refractivity contribution in [2.45, 2.75) is 26.4 Å². The highest BCUT2D eigenvalue weighted by Gasteiger charge is 2.30. The van der Waals surface area contributed by atoms with Gasteiger partial charge in [-0.1, -0.05) is 5.16 Å². The number of amides is 1. The Morgan fingerprint density at radius 3 is 2.62 bits per heavy atom. The number of halogens is 2. The Kier molecular flexibility index (Phi) is 5.29. The second-order valence-corrected chi connectivity index (χ2v) is 6.23. The predicted octanol–water partition coefficient (Wildman–Crippen LogP) is 2.86. The molecule has 3 rings (SSSR count). The Balaban J connectivity index is 1.51. The van der Waals surface area contributed by atoms with Crippen LogP contribution in [-0.2, 0) is 16.1 Å². The Hall–Kier alpha value is -2.77. The molecule has 0 radical (unpaired) electrons. The van der Waals surface area contributed by atoms with Gasteiger partial charge >= 0.3 is 5.97 Å². The number of hydrogen-bond donors (Lipinski definition) is 0. The fraction of sp³-hybridized carbons (Fsp3) is 0.389. The van der Waals surface area contributed by atoms with Crippen LogP contribution in [0.4, 0.5) is 8.78 Å². The molecule has 8 heteroatoms. The van der Waals surface area contributed by atoms with E-state index in [1.54, 1.807) is 13.0 Å². The fourth-order valence-corrected chi connectivity index (χ4v) is 2.90. The first-order valence-corrected chi connectivity index (χ1v) is 8.27. The summed E-state index contributed by atoms with van der Waals surface area (Å²) in [5.41, 5.74) is 0.365. The number of likely N-dealkylation sites (tertiary alicyclic amines) is 1. The lowest BCUT2D eigenvalue weighted by Crippen LogP contribution is -2.41. The average Bonchev–Trinajstić information content (AvgIpc) is 3.04. The summed E-state index contributed by atoms with van der Waals surface area (Å²) in [6.45, 7) is 2.39. The third-order valence-corrected chi connectivity index (χ3v) is 4.32. The molecule has 1 aromatic heterocycles. The fourth-order valence-electron chi connectivity index (χ4n) is 2.90. The standard InChI is InChI=1S/C18H18F2N2O4/c1-11-8-14(21-26-11)10-25-18(24)12-4-6-22(7-5-12)17(23)15-3-2-13(19)9-16(15)20/h2-3,8-9,12H,4-7,10H2,1H3. The van der Waals surface area contributed by atoms with Crippen molar-refractivity contribution in [3.05, 3.63) is 52.9 Å². The van der Waals surface area contributed by atoms with Crippen LogP contribution < -0.4 is 0 Å². The van der Waals surface area contributed by atoms with Crippen molar-refractivity contribution in [2.24, 2.45) is 5.92 Å². The van der Waals surface area contributed by atoms with Gasteiger partial charge in [0.25, 0.3) is 5.91 Å². The summed E-state index contributed by atoms with van der Waals surface area (Å²) >= 11 is 0. The maximum absolute atomic E-state index is 13.7. The zero-order chi connectivity index (χ0) is 18.7. The number of nitrogens with zero attached hydrogens (tertiary/aromatic N) is 2. The number of ether oxygens (including phenoxy) is 1. The van der Waals surface area contributed by atoms with Crippen LogP contribution in [0.5, 0.6) is 0 Å². The molecule has 1 fully saturated rings. The first-order valence-electron chi connectivity index (χ1n) is 8.27. The van der Waals surface area contributed by atoms with Crippen LogP contribution in [0.15, 0.2) is 28.8 Å². The van der Waals surface area contributed by atoms with E-state index < -0.39 is 17.5 Å². The minimum atomic E-state index is -0.889. The lowest BCUT2D eigenvalue weighted by molar-refractivity contribution is -0.151. The van der Waals surface area contributed by atoms with Gasteiger partial charge in [0.15, 0.2) is 0 Å². The number of carbonyl (C=O) groups is 2. The van der Waals surface area contributed by atoms with Crippen molar-refractivity contribution in [3.8, 4) is 0 Å². The predicted molar refractivity (Wildman–Crippen MR) is 86.0 cm³/mol. The van der Waals surface area contributed by atoms with Crippen LogP contribution in [0.2, 0.25) is 0 Å². The third kappa shape index (κ3) is 4.07. The number of carbonyl (C=O) groups excluding carboxylic acids is 2. The van der Waals surface area contributed by atoms with Crippen LogP contribution >= 0.6 is 0 Å². The first-order chi connectivity index (χ1) is 12.4. The van der Waals surface area contributed by atoms with Gasteiger partial charge in [0.2, 0.25) is 0 Å². The van der Waals surface area contributed by atoms with Crippen LogP contribution in [-0.4, -0.2) is 35.0 Å². The summed E-state index contributed by atoms with van der Waals surface area (Å²) < 4.78 is 36.8. The Morgan fingerprint density at radius 1 is 1.27 bits per heavy atom. The molecule has 138 valence electrons. The Morgan fingerprint density at radius 2 is 2.00 bits per heavy atom. The van der Waals surface area contributed by atoms with Crippen molar-refractivity contribution in [1.82, 2.24) is 10.1 Å². The largest absolute Gasteiger partial charge is 0.459 e. The number of esters is 1. The highest BCUT2D eigenvalue weighted by atomic mass is 19.1. The normalized spacial score (nSPS) is 15.1. The number of hydrogen-bond acceptors (Lipinski definition) is 5. The lowest BCUT2D eigenvalue weighted by atomic mass is 9.96. The van der Waals surface area contributed by atoms with Gasteiger partial charge in [-0.05, 0) is 31.9 Å². The molecule has 6 nitrogen and oxygen atoms in total. The number of piperidine rings is 1. The number of benzene rings is 1. The molecule has 2 heterocycles. The van der Waals surface area contributed by atoms with Crippen molar-refractivity contribution in [1.29, 1.82) is 0 Å². The van der Waals surface area contributed by atoms with E-state index >= 15 is 0 Å². The van der Waals surface area contributed by atoms with Gasteiger partial charge in [0, 0.05) is 25.2 Å². The molecule has 1 aliphatic rings. The molecular weight excluding hydrogens is 346 g/mol. The molecular formula is C18H18F2N2O4. The highest BCUT2D eigenvalue weighted by Crippen LogP contribution is 2.22. The summed E-state index contributed by atoms with van der Waals surface area (Å²) in [4.78, 5) is 25.9. The molecule has 0 bridgehead atoms. The van der Waals surface area contributed by atoms with E-state index in [1.165, 1.54) is 4.90 Å². The van der Waals surface area contributed by atoms with Crippen molar-refractivity contribution in [3.63, 3.8) is 0 Å². The Labute approximate surface area is 148 Å². The molecule has 1 amide bonds. The second kappa shape index (κ2) is 7.63. The van der Waals surface area contributed by atoms with Gasteiger partial charge in [-0.15, -0.1) is 0 Å². The van der Waals surface area contributed by atoms with E-state index in [1.807, 2.05) is 0 Å². The van der Waals surface area contributed by atoms with Crippen LogP contribution in [0.1, 0.15) is 34.7 Å². The highest BCUT2D eigenvalue weighted by molar-refractivity contribution is 5.94. The number of rotatable bonds is 4. The number of aromatic nitrogens is 1. The summed E-state index contributed by atoms with van der Waals surface area (Å²) in [7, 11) is 0. The molecule has 1 saturated heterocycles. The second-order valence-electron chi connectivity index (χ2n) is 6.23. The number of aryl methyl sites for hydroxylation is 1. The molecule has 0 N–H and O–H groups in total. The van der Waals surface area contributed by atoms with Crippen LogP contribution in [0, 0.1) is 24.5 Å². The maximum Gasteiger partial charge on any atom is 0.309 e. The van der Waals surface area contributed by atoms with E-state index in [2.05, 4.69) is 5.16 Å². The van der Waals surface area contributed by atoms with E-state index in [0.29, 0.717) is 43.5 Å². The van der Waals surface area contributed by atoms with Crippen LogP contribution in [0.25, 0.3) is 0 Å². The van der Waals surface area contributed by atoms with Crippen LogP contribution in [0.3, 0.4) is 0 Å². The minimum absolute atomic E-state index is 0.0378. The summed E-state index contributed by atoms with van der Waals surface area (Å²) in [6.07, 6.45) is 0.844. The molecule has 26 heavy (non-hydrogen) atoms. The molecule has 2 aromatic rings. The van der Waals surface area contributed by atoms with Gasteiger partial charge < -0.3 is 14.2 Å². The van der Waals surface area contributed by atoms with Crippen molar-refractivity contribution in [2.75, 3.05) is 13.1 Å². The Bertz CT molecular complexity index is 813. The summed E-state index contributed by atoms with van der Waals surface area (Å²) in [6, 6.07) is 4.55. The molecule has 0 aliphatic carbocycles. The molecule has 0 unspecified atom stereocenters. The molecule has 1 aliphatic heterocycles. The van der Waals surface area contributed by atoms with E-state index in [-0.39, 0.29) is 24.1 Å². The zero-order valence-corrected chi connectivity index (χ0v) is 14.2. The minimum Gasteiger partial charge on any atom is -0.459 e. The summed E-state index contributed by atoms with van der Waals surface area (Å²) in [5, 5.41) is 3.75. The van der Waals surface area contributed by atoms with Gasteiger partial charge in [0.05, 0.1) is 11.5 Å². The maximum atomic E-state index is 13.7. The van der Waals surface area contributed by atoms with E-state index in [9.17, 15) is 18.4 Å². The van der Waals surface area contributed by atoms with E-state index in [4.69, 9.17) is 9.26 Å². The average molecular weight is 364 g/mol. The van der Waals surface area contributed by atoms with Gasteiger partial charge in [-0.3, -0.25) is 9.59 Å². The van der Waals surface area contributed by atoms with Gasteiger partial charge in [0.1, 0.15) is 29.7 Å². The van der Waals surface area contributed by atoms with E-state index in [0.717, 1.165) is 12.1 Å². The lowest BCUT2D eigenvalue weighted by Gasteiger charge is -2.31. The smallest absolute Gasteiger partial charge is 0.309 e.